The molecule has 0 aliphatic carbocycles. The average molecular weight is 384 g/mol. The molecular weight excluding hydrogens is 354 g/mol. The Kier molecular flexibility index (Phi) is 7.00. The zero-order valence-electron chi connectivity index (χ0n) is 16.7. The molecule has 0 atom stereocenters. The van der Waals surface area contributed by atoms with Gasteiger partial charge in [0.05, 0.1) is 13.1 Å². The van der Waals surface area contributed by atoms with Crippen molar-refractivity contribution < 1.29 is 4.79 Å². The number of hydrogen-bond donors (Lipinski definition) is 2. The van der Waals surface area contributed by atoms with Crippen molar-refractivity contribution in [3.63, 3.8) is 0 Å². The van der Waals surface area contributed by atoms with Gasteiger partial charge in [-0.3, -0.25) is 9.48 Å². The lowest BCUT2D eigenvalue weighted by molar-refractivity contribution is 0.0724. The predicted octanol–water partition coefficient (Wildman–Crippen LogP) is 1.70. The molecule has 150 valence electrons. The van der Waals surface area contributed by atoms with E-state index in [2.05, 4.69) is 25.7 Å². The predicted molar refractivity (Wildman–Crippen MR) is 109 cm³/mol. The summed E-state index contributed by atoms with van der Waals surface area (Å²) in [5.41, 5.74) is 1.81. The number of aliphatic imine (C=N–C) groups is 1. The van der Waals surface area contributed by atoms with E-state index in [0.29, 0.717) is 13.1 Å². The largest absolute Gasteiger partial charge is 0.357 e. The van der Waals surface area contributed by atoms with Crippen LogP contribution in [0.2, 0.25) is 0 Å². The molecule has 1 saturated heterocycles. The molecule has 3 rings (SSSR count). The molecule has 1 aromatic heterocycles. The van der Waals surface area contributed by atoms with Crippen LogP contribution in [0.1, 0.15) is 47.9 Å². The van der Waals surface area contributed by atoms with Crippen LogP contribution in [0.3, 0.4) is 0 Å². The van der Waals surface area contributed by atoms with Gasteiger partial charge in [-0.1, -0.05) is 12.1 Å². The number of aromatic nitrogens is 3. The Hall–Kier alpha value is -2.90. The Morgan fingerprint density at radius 3 is 2.54 bits per heavy atom. The number of nitrogens with zero attached hydrogens (tertiary/aromatic N) is 5. The second kappa shape index (κ2) is 9.87. The maximum absolute atomic E-state index is 12.6. The van der Waals surface area contributed by atoms with Crippen LogP contribution >= 0.6 is 0 Å². The van der Waals surface area contributed by atoms with Crippen LogP contribution in [0, 0.1) is 0 Å². The molecule has 2 aromatic rings. The summed E-state index contributed by atoms with van der Waals surface area (Å²) in [5, 5.41) is 10.6. The highest BCUT2D eigenvalue weighted by molar-refractivity contribution is 5.94. The molecule has 2 N–H and O–H groups in total. The van der Waals surface area contributed by atoms with E-state index in [1.807, 2.05) is 43.1 Å². The van der Waals surface area contributed by atoms with Crippen molar-refractivity contribution in [3.8, 4) is 0 Å². The molecule has 1 fully saturated rings. The minimum atomic E-state index is 0.133. The number of benzene rings is 1. The summed E-state index contributed by atoms with van der Waals surface area (Å²) >= 11 is 0. The number of guanidine groups is 1. The SMILES string of the molecule is CCNC(=NCc1ccc(C(=O)N2CCCCC2)cc1)NCc1ncnn1C. The second-order valence-corrected chi connectivity index (χ2v) is 6.90. The first-order valence-electron chi connectivity index (χ1n) is 9.90. The number of piperidine rings is 1. The summed E-state index contributed by atoms with van der Waals surface area (Å²) in [5.74, 6) is 1.69. The Bertz CT molecular complexity index is 791. The number of nitrogens with one attached hydrogen (secondary N) is 2. The molecule has 0 radical (unpaired) electrons. The van der Waals surface area contributed by atoms with E-state index in [4.69, 9.17) is 0 Å². The number of hydrogen-bond acceptors (Lipinski definition) is 4. The fraction of sp³-hybridized carbons (Fsp3) is 0.500. The monoisotopic (exact) mass is 383 g/mol. The first kappa shape index (κ1) is 19.9. The molecule has 0 unspecified atom stereocenters. The minimum Gasteiger partial charge on any atom is -0.357 e. The Morgan fingerprint density at radius 1 is 1.14 bits per heavy atom. The molecule has 2 heterocycles. The summed E-state index contributed by atoms with van der Waals surface area (Å²) in [7, 11) is 1.86. The van der Waals surface area contributed by atoms with Gasteiger partial charge in [0.1, 0.15) is 12.2 Å². The zero-order valence-corrected chi connectivity index (χ0v) is 16.7. The molecule has 1 amide bonds. The van der Waals surface area contributed by atoms with Crippen molar-refractivity contribution in [2.45, 2.75) is 39.3 Å². The van der Waals surface area contributed by atoms with Gasteiger partial charge in [0.15, 0.2) is 5.96 Å². The third kappa shape index (κ3) is 5.31. The van der Waals surface area contributed by atoms with Crippen LogP contribution in [0.15, 0.2) is 35.6 Å². The van der Waals surface area contributed by atoms with Crippen molar-refractivity contribution in [3.05, 3.63) is 47.5 Å². The highest BCUT2D eigenvalue weighted by Crippen LogP contribution is 2.14. The van der Waals surface area contributed by atoms with Gasteiger partial charge in [-0.2, -0.15) is 5.10 Å². The summed E-state index contributed by atoms with van der Waals surface area (Å²) in [6.07, 6.45) is 4.97. The van der Waals surface area contributed by atoms with Gasteiger partial charge in [-0.25, -0.2) is 9.98 Å². The summed E-state index contributed by atoms with van der Waals surface area (Å²) in [6.45, 7) is 5.62. The van der Waals surface area contributed by atoms with E-state index in [9.17, 15) is 4.79 Å². The highest BCUT2D eigenvalue weighted by atomic mass is 16.2. The number of amides is 1. The van der Waals surface area contributed by atoms with Crippen LogP contribution in [0.5, 0.6) is 0 Å². The second-order valence-electron chi connectivity index (χ2n) is 6.90. The van der Waals surface area contributed by atoms with Crippen molar-refractivity contribution in [2.24, 2.45) is 12.0 Å². The smallest absolute Gasteiger partial charge is 0.253 e. The Balaban J connectivity index is 1.57. The lowest BCUT2D eigenvalue weighted by Crippen LogP contribution is -2.37. The van der Waals surface area contributed by atoms with Crippen molar-refractivity contribution in [1.29, 1.82) is 0 Å². The third-order valence-electron chi connectivity index (χ3n) is 4.83. The molecule has 1 aromatic carbocycles. The maximum Gasteiger partial charge on any atom is 0.253 e. The van der Waals surface area contributed by atoms with E-state index in [1.54, 1.807) is 4.68 Å². The Morgan fingerprint density at radius 2 is 1.89 bits per heavy atom. The third-order valence-corrected chi connectivity index (χ3v) is 4.83. The molecule has 28 heavy (non-hydrogen) atoms. The number of aryl methyl sites for hydroxylation is 1. The molecule has 1 aliphatic heterocycles. The summed E-state index contributed by atoms with van der Waals surface area (Å²) < 4.78 is 1.73. The van der Waals surface area contributed by atoms with Gasteiger partial charge >= 0.3 is 0 Å². The number of likely N-dealkylation sites (tertiary alicyclic amines) is 1. The highest BCUT2D eigenvalue weighted by Gasteiger charge is 2.17. The number of carbonyl (C=O) groups is 1. The van der Waals surface area contributed by atoms with Gasteiger partial charge in [0.2, 0.25) is 0 Å². The van der Waals surface area contributed by atoms with Crippen molar-refractivity contribution >= 4 is 11.9 Å². The lowest BCUT2D eigenvalue weighted by Gasteiger charge is -2.26. The molecule has 8 heteroatoms. The standard InChI is InChI=1S/C20H29N7O/c1-3-21-20(23-14-18-24-15-25-26(18)2)22-13-16-7-9-17(10-8-16)19(28)27-11-5-4-6-12-27/h7-10,15H,3-6,11-14H2,1-2H3,(H2,21,22,23). The van der Waals surface area contributed by atoms with Crippen molar-refractivity contribution in [1.82, 2.24) is 30.3 Å². The van der Waals surface area contributed by atoms with Crippen LogP contribution in [-0.4, -0.2) is 51.2 Å². The molecule has 8 nitrogen and oxygen atoms in total. The van der Waals surface area contributed by atoms with Crippen LogP contribution in [0.4, 0.5) is 0 Å². The molecule has 0 bridgehead atoms. The van der Waals surface area contributed by atoms with Gasteiger partial charge in [-0.15, -0.1) is 0 Å². The Labute approximate surface area is 166 Å². The summed E-state index contributed by atoms with van der Waals surface area (Å²) in [4.78, 5) is 23.3. The van der Waals surface area contributed by atoms with E-state index in [0.717, 1.165) is 55.4 Å². The average Bonchev–Trinajstić information content (AvgIpc) is 3.15. The van der Waals surface area contributed by atoms with Gasteiger partial charge in [0, 0.05) is 32.2 Å². The quantitative estimate of drug-likeness (QED) is 0.586. The molecule has 1 aliphatic rings. The minimum absolute atomic E-state index is 0.133. The number of carbonyl (C=O) groups excluding carboxylic acids is 1. The van der Waals surface area contributed by atoms with Crippen molar-refractivity contribution in [2.75, 3.05) is 19.6 Å². The first-order valence-corrected chi connectivity index (χ1v) is 9.90. The van der Waals surface area contributed by atoms with E-state index < -0.39 is 0 Å². The fourth-order valence-electron chi connectivity index (χ4n) is 3.19. The van der Waals surface area contributed by atoms with E-state index in [1.165, 1.54) is 12.7 Å². The van der Waals surface area contributed by atoms with Crippen LogP contribution < -0.4 is 10.6 Å². The van der Waals surface area contributed by atoms with Crippen LogP contribution in [-0.2, 0) is 20.1 Å². The number of rotatable bonds is 6. The van der Waals surface area contributed by atoms with Gasteiger partial charge in [-0.05, 0) is 43.9 Å². The first-order chi connectivity index (χ1) is 13.7. The maximum atomic E-state index is 12.6. The zero-order chi connectivity index (χ0) is 19.8. The lowest BCUT2D eigenvalue weighted by atomic mass is 10.1. The van der Waals surface area contributed by atoms with Gasteiger partial charge in [0.25, 0.3) is 5.91 Å². The molecule has 0 spiro atoms. The molecule has 0 saturated carbocycles. The van der Waals surface area contributed by atoms with E-state index >= 15 is 0 Å². The molecular formula is C20H29N7O. The summed E-state index contributed by atoms with van der Waals surface area (Å²) in [6, 6.07) is 7.77. The van der Waals surface area contributed by atoms with Crippen LogP contribution in [0.25, 0.3) is 0 Å². The normalized spacial score (nSPS) is 14.8. The topological polar surface area (TPSA) is 87.4 Å². The van der Waals surface area contributed by atoms with E-state index in [-0.39, 0.29) is 5.91 Å². The fourth-order valence-corrected chi connectivity index (χ4v) is 3.19. The van der Waals surface area contributed by atoms with Gasteiger partial charge < -0.3 is 15.5 Å².